The summed E-state index contributed by atoms with van der Waals surface area (Å²) in [6.07, 6.45) is 0. The Morgan fingerprint density at radius 1 is 1.40 bits per heavy atom. The van der Waals surface area contributed by atoms with Gasteiger partial charge < -0.3 is 10.1 Å². The van der Waals surface area contributed by atoms with Crippen molar-refractivity contribution in [3.8, 4) is 5.75 Å². The van der Waals surface area contributed by atoms with E-state index < -0.39 is 0 Å². The van der Waals surface area contributed by atoms with Crippen LogP contribution in [-0.4, -0.2) is 13.0 Å². The molecule has 15 heavy (non-hydrogen) atoms. The monoisotopic (exact) mass is 225 g/mol. The molecule has 3 heteroatoms. The van der Waals surface area contributed by atoms with E-state index in [0.717, 1.165) is 11.4 Å². The summed E-state index contributed by atoms with van der Waals surface area (Å²) in [6.45, 7) is 6.40. The summed E-state index contributed by atoms with van der Waals surface area (Å²) >= 11 is 4.17. The second kappa shape index (κ2) is 5.31. The van der Waals surface area contributed by atoms with Crippen molar-refractivity contribution in [3.63, 3.8) is 0 Å². The fraction of sp³-hybridized carbons (Fsp3) is 0.500. The number of thiol groups is 1. The summed E-state index contributed by atoms with van der Waals surface area (Å²) in [5.41, 5.74) is 3.55. The summed E-state index contributed by atoms with van der Waals surface area (Å²) in [7, 11) is 1.71. The fourth-order valence-corrected chi connectivity index (χ4v) is 1.77. The number of aryl methyl sites for hydroxylation is 1. The minimum atomic E-state index is 0.459. The SMILES string of the molecule is COc1cc(C)c(NCS)cc1C(C)C. The smallest absolute Gasteiger partial charge is 0.122 e. The topological polar surface area (TPSA) is 21.3 Å². The molecule has 0 unspecified atom stereocenters. The average Bonchev–Trinajstić information content (AvgIpc) is 2.20. The van der Waals surface area contributed by atoms with Gasteiger partial charge in [-0.15, -0.1) is 0 Å². The van der Waals surface area contributed by atoms with Crippen molar-refractivity contribution in [2.75, 3.05) is 18.3 Å². The number of ether oxygens (including phenoxy) is 1. The van der Waals surface area contributed by atoms with E-state index in [1.807, 2.05) is 0 Å². The lowest BCUT2D eigenvalue weighted by Gasteiger charge is -2.16. The lowest BCUT2D eigenvalue weighted by atomic mass is 9.99. The van der Waals surface area contributed by atoms with Crippen LogP contribution in [0.25, 0.3) is 0 Å². The first-order valence-electron chi connectivity index (χ1n) is 5.13. The molecule has 0 aliphatic carbocycles. The lowest BCUT2D eigenvalue weighted by molar-refractivity contribution is 0.407. The maximum Gasteiger partial charge on any atom is 0.122 e. The minimum Gasteiger partial charge on any atom is -0.496 e. The molecular weight excluding hydrogens is 206 g/mol. The van der Waals surface area contributed by atoms with Gasteiger partial charge in [-0.25, -0.2) is 0 Å². The number of benzene rings is 1. The Morgan fingerprint density at radius 2 is 2.07 bits per heavy atom. The van der Waals surface area contributed by atoms with E-state index in [0.29, 0.717) is 11.8 Å². The van der Waals surface area contributed by atoms with Crippen molar-refractivity contribution in [1.29, 1.82) is 0 Å². The van der Waals surface area contributed by atoms with Gasteiger partial charge in [-0.3, -0.25) is 0 Å². The molecule has 0 bridgehead atoms. The lowest BCUT2D eigenvalue weighted by Crippen LogP contribution is -2.01. The molecule has 1 aromatic rings. The van der Waals surface area contributed by atoms with Gasteiger partial charge in [0.05, 0.1) is 13.0 Å². The van der Waals surface area contributed by atoms with Crippen LogP contribution in [0.15, 0.2) is 12.1 Å². The Labute approximate surface area is 97.4 Å². The first kappa shape index (κ1) is 12.2. The van der Waals surface area contributed by atoms with Gasteiger partial charge in [0.25, 0.3) is 0 Å². The summed E-state index contributed by atoms with van der Waals surface area (Å²) in [5.74, 6) is 2.07. The van der Waals surface area contributed by atoms with Crippen molar-refractivity contribution < 1.29 is 4.74 Å². The maximum atomic E-state index is 5.37. The van der Waals surface area contributed by atoms with Gasteiger partial charge in [-0.05, 0) is 36.1 Å². The fourth-order valence-electron chi connectivity index (χ4n) is 1.60. The Bertz CT molecular complexity index is 337. The maximum absolute atomic E-state index is 5.37. The summed E-state index contributed by atoms with van der Waals surface area (Å²) < 4.78 is 5.37. The Balaban J connectivity index is 3.17. The highest BCUT2D eigenvalue weighted by molar-refractivity contribution is 7.80. The predicted molar refractivity (Wildman–Crippen MR) is 69.3 cm³/mol. The third-order valence-electron chi connectivity index (χ3n) is 2.47. The van der Waals surface area contributed by atoms with Crippen molar-refractivity contribution >= 4 is 18.3 Å². The van der Waals surface area contributed by atoms with Crippen LogP contribution in [0.4, 0.5) is 5.69 Å². The Hall–Kier alpha value is -0.830. The van der Waals surface area contributed by atoms with E-state index in [1.165, 1.54) is 11.1 Å². The van der Waals surface area contributed by atoms with Crippen molar-refractivity contribution in [2.45, 2.75) is 26.7 Å². The number of nitrogens with one attached hydrogen (secondary N) is 1. The molecule has 0 spiro atoms. The largest absolute Gasteiger partial charge is 0.496 e. The summed E-state index contributed by atoms with van der Waals surface area (Å²) in [4.78, 5) is 0. The van der Waals surface area contributed by atoms with Crippen LogP contribution in [0, 0.1) is 6.92 Å². The van der Waals surface area contributed by atoms with Crippen LogP contribution in [0.3, 0.4) is 0 Å². The molecule has 0 amide bonds. The highest BCUT2D eigenvalue weighted by atomic mass is 32.1. The van der Waals surface area contributed by atoms with E-state index in [-0.39, 0.29) is 0 Å². The third-order valence-corrected chi connectivity index (χ3v) is 2.63. The second-order valence-corrected chi connectivity index (χ2v) is 4.21. The highest BCUT2D eigenvalue weighted by Crippen LogP contribution is 2.31. The minimum absolute atomic E-state index is 0.459. The average molecular weight is 225 g/mol. The molecule has 1 N–H and O–H groups in total. The van der Waals surface area contributed by atoms with E-state index in [9.17, 15) is 0 Å². The molecule has 1 aromatic carbocycles. The zero-order valence-corrected chi connectivity index (χ0v) is 10.7. The van der Waals surface area contributed by atoms with Gasteiger partial charge >= 0.3 is 0 Å². The molecule has 2 nitrogen and oxygen atoms in total. The first-order chi connectivity index (χ1) is 7.10. The van der Waals surface area contributed by atoms with Crippen LogP contribution in [-0.2, 0) is 0 Å². The quantitative estimate of drug-likeness (QED) is 0.605. The molecule has 84 valence electrons. The van der Waals surface area contributed by atoms with Gasteiger partial charge in [0, 0.05) is 5.69 Å². The van der Waals surface area contributed by atoms with E-state index >= 15 is 0 Å². The molecule has 0 atom stereocenters. The van der Waals surface area contributed by atoms with Gasteiger partial charge in [-0.1, -0.05) is 13.8 Å². The Kier molecular flexibility index (Phi) is 4.33. The summed E-state index contributed by atoms with van der Waals surface area (Å²) in [6, 6.07) is 4.22. The third kappa shape index (κ3) is 2.81. The van der Waals surface area contributed by atoms with E-state index in [1.54, 1.807) is 7.11 Å². The van der Waals surface area contributed by atoms with Crippen molar-refractivity contribution in [3.05, 3.63) is 23.3 Å². The van der Waals surface area contributed by atoms with Crippen LogP contribution in [0.2, 0.25) is 0 Å². The number of methoxy groups -OCH3 is 1. The van der Waals surface area contributed by atoms with Gasteiger partial charge in [0.1, 0.15) is 5.75 Å². The molecule has 0 fully saturated rings. The molecule has 0 radical (unpaired) electrons. The number of hydrogen-bond donors (Lipinski definition) is 2. The van der Waals surface area contributed by atoms with Gasteiger partial charge in [0.15, 0.2) is 0 Å². The number of rotatable bonds is 4. The first-order valence-corrected chi connectivity index (χ1v) is 5.76. The van der Waals surface area contributed by atoms with Gasteiger partial charge in [0.2, 0.25) is 0 Å². The second-order valence-electron chi connectivity index (χ2n) is 3.90. The Morgan fingerprint density at radius 3 is 2.53 bits per heavy atom. The zero-order valence-electron chi connectivity index (χ0n) is 9.79. The van der Waals surface area contributed by atoms with Crippen LogP contribution >= 0.6 is 12.6 Å². The molecule has 0 heterocycles. The molecule has 0 aromatic heterocycles. The van der Waals surface area contributed by atoms with Crippen molar-refractivity contribution in [2.24, 2.45) is 0 Å². The standard InChI is InChI=1S/C12H19NOS/c1-8(2)10-6-11(13-7-15)9(3)5-12(10)14-4/h5-6,8,13,15H,7H2,1-4H3. The normalized spacial score (nSPS) is 10.5. The molecule has 0 aliphatic rings. The molecular formula is C12H19NOS. The summed E-state index contributed by atoms with van der Waals surface area (Å²) in [5, 5.41) is 3.23. The van der Waals surface area contributed by atoms with Crippen LogP contribution < -0.4 is 10.1 Å². The zero-order chi connectivity index (χ0) is 11.4. The number of hydrogen-bond acceptors (Lipinski definition) is 3. The number of anilines is 1. The predicted octanol–water partition coefficient (Wildman–Crippen LogP) is 3.43. The van der Waals surface area contributed by atoms with Crippen LogP contribution in [0.5, 0.6) is 5.75 Å². The van der Waals surface area contributed by atoms with Crippen LogP contribution in [0.1, 0.15) is 30.9 Å². The molecule has 0 saturated carbocycles. The van der Waals surface area contributed by atoms with E-state index in [2.05, 4.69) is 50.8 Å². The molecule has 0 aliphatic heterocycles. The highest BCUT2D eigenvalue weighted by Gasteiger charge is 2.10. The van der Waals surface area contributed by atoms with E-state index in [4.69, 9.17) is 4.74 Å². The molecule has 0 saturated heterocycles. The van der Waals surface area contributed by atoms with Gasteiger partial charge in [-0.2, -0.15) is 12.6 Å². The molecule has 1 rings (SSSR count). The van der Waals surface area contributed by atoms with Crippen molar-refractivity contribution in [1.82, 2.24) is 0 Å².